The number of thioether (sulfide) groups is 1. The number of nitrogens with zero attached hydrogens (tertiary/aromatic N) is 3. The van der Waals surface area contributed by atoms with Crippen LogP contribution < -0.4 is 5.73 Å². The molecule has 1 aromatic carbocycles. The summed E-state index contributed by atoms with van der Waals surface area (Å²) in [5, 5.41) is 11.5. The Morgan fingerprint density at radius 1 is 1.41 bits per heavy atom. The first kappa shape index (κ1) is 17.9. The van der Waals surface area contributed by atoms with E-state index in [0.717, 1.165) is 16.2 Å². The Morgan fingerprint density at radius 2 is 2.15 bits per heavy atom. The summed E-state index contributed by atoms with van der Waals surface area (Å²) in [5.74, 6) is -0.825. The lowest BCUT2D eigenvalue weighted by atomic mass is 9.69. The van der Waals surface area contributed by atoms with Crippen LogP contribution >= 0.6 is 11.8 Å². The third kappa shape index (κ3) is 2.80. The predicted octanol–water partition coefficient (Wildman–Crippen LogP) is 3.18. The third-order valence-electron chi connectivity index (χ3n) is 5.45. The maximum atomic E-state index is 14.1. The Hall–Kier alpha value is -2.45. The Labute approximate surface area is 160 Å². The van der Waals surface area contributed by atoms with Crippen molar-refractivity contribution in [1.29, 1.82) is 0 Å². The van der Waals surface area contributed by atoms with E-state index in [4.69, 9.17) is 5.73 Å². The summed E-state index contributed by atoms with van der Waals surface area (Å²) in [4.78, 5) is 21.4. The summed E-state index contributed by atoms with van der Waals surface area (Å²) < 4.78 is 14.1. The molecule has 0 bridgehead atoms. The molecular weight excluding hydrogens is 367 g/mol. The van der Waals surface area contributed by atoms with Crippen molar-refractivity contribution in [2.75, 3.05) is 0 Å². The number of aromatic nitrogens is 2. The van der Waals surface area contributed by atoms with E-state index >= 15 is 0 Å². The standard InChI is InChI=1S/C19H19FN4O2S/c1-11-13(3-2-4-14(11)20)19(18(21)25)6-5-15-16(7-19)27-17(24(15)26)12-8-22-10-23-9-12/h2-4,8-10,17,26H,5-7H2,1H3,(H2,21,25). The van der Waals surface area contributed by atoms with E-state index in [-0.39, 0.29) is 11.2 Å². The van der Waals surface area contributed by atoms with E-state index in [1.807, 2.05) is 0 Å². The van der Waals surface area contributed by atoms with E-state index in [9.17, 15) is 14.4 Å². The first-order valence-electron chi connectivity index (χ1n) is 8.61. The molecule has 2 aromatic rings. The zero-order chi connectivity index (χ0) is 19.2. The average molecular weight is 386 g/mol. The van der Waals surface area contributed by atoms with Crippen LogP contribution in [-0.4, -0.2) is 26.1 Å². The number of carbonyl (C=O) groups is 1. The van der Waals surface area contributed by atoms with Gasteiger partial charge in [0.05, 0.1) is 11.1 Å². The van der Waals surface area contributed by atoms with Crippen LogP contribution in [0.25, 0.3) is 0 Å². The lowest BCUT2D eigenvalue weighted by Crippen LogP contribution is -2.44. The van der Waals surface area contributed by atoms with Gasteiger partial charge in [0.15, 0.2) is 0 Å². The van der Waals surface area contributed by atoms with E-state index in [0.29, 0.717) is 30.4 Å². The van der Waals surface area contributed by atoms with Crippen molar-refractivity contribution in [3.8, 4) is 0 Å². The Morgan fingerprint density at radius 3 is 2.85 bits per heavy atom. The van der Waals surface area contributed by atoms with Crippen molar-refractivity contribution in [2.45, 2.75) is 37.0 Å². The second-order valence-corrected chi connectivity index (χ2v) is 8.07. The molecule has 27 heavy (non-hydrogen) atoms. The maximum Gasteiger partial charge on any atom is 0.228 e. The highest BCUT2D eigenvalue weighted by Gasteiger charge is 2.48. The molecule has 0 saturated heterocycles. The zero-order valence-corrected chi connectivity index (χ0v) is 15.5. The van der Waals surface area contributed by atoms with Crippen molar-refractivity contribution < 1.29 is 14.4 Å². The number of hydrogen-bond donors (Lipinski definition) is 2. The summed E-state index contributed by atoms with van der Waals surface area (Å²) in [5.41, 5.74) is 7.45. The van der Waals surface area contributed by atoms with Gasteiger partial charge in [-0.1, -0.05) is 23.9 Å². The lowest BCUT2D eigenvalue weighted by Gasteiger charge is -2.36. The maximum absolute atomic E-state index is 14.1. The van der Waals surface area contributed by atoms with Gasteiger partial charge >= 0.3 is 0 Å². The van der Waals surface area contributed by atoms with Gasteiger partial charge < -0.3 is 5.73 Å². The first-order valence-corrected chi connectivity index (χ1v) is 9.49. The molecule has 1 amide bonds. The molecule has 0 saturated carbocycles. The molecule has 1 aliphatic carbocycles. The highest BCUT2D eigenvalue weighted by molar-refractivity contribution is 8.03. The second kappa shape index (κ2) is 6.61. The number of hydrogen-bond acceptors (Lipinski definition) is 6. The largest absolute Gasteiger partial charge is 0.369 e. The molecule has 8 heteroatoms. The van der Waals surface area contributed by atoms with Gasteiger partial charge in [-0.2, -0.15) is 0 Å². The third-order valence-corrected chi connectivity index (χ3v) is 6.81. The van der Waals surface area contributed by atoms with Gasteiger partial charge in [-0.3, -0.25) is 10.0 Å². The number of nitrogens with two attached hydrogens (primary N) is 1. The van der Waals surface area contributed by atoms with Crippen molar-refractivity contribution in [3.05, 3.63) is 70.0 Å². The number of rotatable bonds is 3. The van der Waals surface area contributed by atoms with Gasteiger partial charge in [0.1, 0.15) is 17.5 Å². The van der Waals surface area contributed by atoms with Crippen molar-refractivity contribution in [1.82, 2.24) is 15.0 Å². The van der Waals surface area contributed by atoms with Crippen LogP contribution in [0.15, 0.2) is 47.5 Å². The zero-order valence-electron chi connectivity index (χ0n) is 14.7. The number of primary amides is 1. The topological polar surface area (TPSA) is 92.3 Å². The Kier molecular flexibility index (Phi) is 4.39. The fourth-order valence-corrected chi connectivity index (χ4v) is 5.38. The van der Waals surface area contributed by atoms with E-state index in [2.05, 4.69) is 9.97 Å². The van der Waals surface area contributed by atoms with Gasteiger partial charge in [-0.25, -0.2) is 19.4 Å². The van der Waals surface area contributed by atoms with Crippen LogP contribution in [0.5, 0.6) is 0 Å². The summed E-state index contributed by atoms with van der Waals surface area (Å²) in [6.45, 7) is 1.67. The average Bonchev–Trinajstić information content (AvgIpc) is 3.00. The van der Waals surface area contributed by atoms with Crippen LogP contribution in [0.2, 0.25) is 0 Å². The van der Waals surface area contributed by atoms with Crippen LogP contribution in [0.1, 0.15) is 41.3 Å². The molecule has 6 nitrogen and oxygen atoms in total. The quantitative estimate of drug-likeness (QED) is 0.842. The molecule has 2 atom stereocenters. The Bertz CT molecular complexity index is 937. The number of carbonyl (C=O) groups excluding carboxylic acids is 1. The first-order chi connectivity index (χ1) is 12.9. The van der Waals surface area contributed by atoms with Gasteiger partial charge in [0.2, 0.25) is 5.91 Å². The van der Waals surface area contributed by atoms with E-state index < -0.39 is 11.3 Å². The number of halogens is 1. The normalized spacial score (nSPS) is 24.9. The molecular formula is C19H19FN4O2S. The molecule has 0 fully saturated rings. The molecule has 0 spiro atoms. The van der Waals surface area contributed by atoms with Crippen molar-refractivity contribution in [3.63, 3.8) is 0 Å². The smallest absolute Gasteiger partial charge is 0.228 e. The van der Waals surface area contributed by atoms with Gasteiger partial charge in [-0.15, -0.1) is 0 Å². The molecule has 1 aromatic heterocycles. The predicted molar refractivity (Wildman–Crippen MR) is 98.9 cm³/mol. The second-order valence-electron chi connectivity index (χ2n) is 6.89. The molecule has 2 aliphatic rings. The van der Waals surface area contributed by atoms with E-state index in [1.54, 1.807) is 31.5 Å². The molecule has 1 aliphatic heterocycles. The monoisotopic (exact) mass is 386 g/mol. The highest BCUT2D eigenvalue weighted by atomic mass is 32.2. The number of allylic oxidation sites excluding steroid dienone is 2. The number of benzene rings is 1. The van der Waals surface area contributed by atoms with Crippen LogP contribution in [0, 0.1) is 12.7 Å². The summed E-state index contributed by atoms with van der Waals surface area (Å²) in [6.07, 6.45) is 5.98. The molecule has 4 rings (SSSR count). The van der Waals surface area contributed by atoms with E-state index in [1.165, 1.54) is 29.2 Å². The fourth-order valence-electron chi connectivity index (χ4n) is 3.96. The van der Waals surface area contributed by atoms with Crippen LogP contribution in [0.4, 0.5) is 4.39 Å². The van der Waals surface area contributed by atoms with Crippen molar-refractivity contribution in [2.24, 2.45) is 5.73 Å². The van der Waals surface area contributed by atoms with Gasteiger partial charge in [0.25, 0.3) is 0 Å². The number of amides is 1. The lowest BCUT2D eigenvalue weighted by molar-refractivity contribution is -0.124. The van der Waals surface area contributed by atoms with Crippen LogP contribution in [0.3, 0.4) is 0 Å². The summed E-state index contributed by atoms with van der Waals surface area (Å²) in [6, 6.07) is 4.76. The molecule has 2 heterocycles. The minimum absolute atomic E-state index is 0.341. The minimum Gasteiger partial charge on any atom is -0.369 e. The molecule has 140 valence electrons. The Balaban J connectivity index is 1.71. The highest BCUT2D eigenvalue weighted by Crippen LogP contribution is 2.56. The van der Waals surface area contributed by atoms with Crippen molar-refractivity contribution >= 4 is 17.7 Å². The summed E-state index contributed by atoms with van der Waals surface area (Å²) >= 11 is 1.45. The molecule has 0 radical (unpaired) electrons. The van der Waals surface area contributed by atoms with Gasteiger partial charge in [-0.05, 0) is 43.4 Å². The number of hydroxylamine groups is 2. The summed E-state index contributed by atoms with van der Waals surface area (Å²) in [7, 11) is 0. The minimum atomic E-state index is -0.985. The molecule has 3 N–H and O–H groups in total. The molecule has 2 unspecified atom stereocenters. The van der Waals surface area contributed by atoms with Crippen LogP contribution in [-0.2, 0) is 10.2 Å². The van der Waals surface area contributed by atoms with Gasteiger partial charge in [0, 0.05) is 22.9 Å². The SMILES string of the molecule is Cc1c(F)cccc1C1(C(N)=O)CCC2=C(C1)SC(c1cncnc1)N2O. The fraction of sp³-hybridized carbons (Fsp3) is 0.316.